The van der Waals surface area contributed by atoms with Crippen molar-refractivity contribution in [2.24, 2.45) is 0 Å². The zero-order chi connectivity index (χ0) is 13.8. The Morgan fingerprint density at radius 2 is 2.42 bits per heavy atom. The third kappa shape index (κ3) is 3.36. The monoisotopic (exact) mass is 284 g/mol. The fourth-order valence-corrected chi connectivity index (χ4v) is 2.77. The van der Waals surface area contributed by atoms with Gasteiger partial charge in [0.1, 0.15) is 10.7 Å². The number of hydrogen-bond acceptors (Lipinski definition) is 6. The lowest BCUT2D eigenvalue weighted by atomic mass is 10.1. The molecule has 0 aliphatic carbocycles. The van der Waals surface area contributed by atoms with E-state index in [-0.39, 0.29) is 23.9 Å². The first kappa shape index (κ1) is 14.1. The molecule has 0 spiro atoms. The van der Waals surface area contributed by atoms with Crippen LogP contribution in [0.15, 0.2) is 0 Å². The molecule has 19 heavy (non-hydrogen) atoms. The van der Waals surface area contributed by atoms with Crippen LogP contribution in [0.25, 0.3) is 0 Å². The molecule has 0 bridgehead atoms. The maximum Gasteiger partial charge on any atom is 0.265 e. The van der Waals surface area contributed by atoms with Crippen molar-refractivity contribution in [3.63, 3.8) is 0 Å². The molecule has 2 unspecified atom stereocenters. The van der Waals surface area contributed by atoms with Crippen LogP contribution in [0, 0.1) is 0 Å². The second-order valence-corrected chi connectivity index (χ2v) is 5.60. The highest BCUT2D eigenvalue weighted by Crippen LogP contribution is 2.25. The molecule has 6 nitrogen and oxygen atoms in total. The highest BCUT2D eigenvalue weighted by Gasteiger charge is 2.27. The summed E-state index contributed by atoms with van der Waals surface area (Å²) in [5.41, 5.74) is 5.79. The summed E-state index contributed by atoms with van der Waals surface area (Å²) in [6.45, 7) is 5.54. The van der Waals surface area contributed by atoms with Crippen molar-refractivity contribution in [2.75, 3.05) is 24.2 Å². The van der Waals surface area contributed by atoms with Gasteiger partial charge in [0.05, 0.1) is 12.1 Å². The summed E-state index contributed by atoms with van der Waals surface area (Å²) in [5.74, 6) is 0.120. The number of ether oxygens (including phenoxy) is 1. The molecule has 0 radical (unpaired) electrons. The van der Waals surface area contributed by atoms with Gasteiger partial charge in [-0.25, -0.2) is 4.98 Å². The lowest BCUT2D eigenvalue weighted by Crippen LogP contribution is -2.39. The molecule has 1 aliphatic rings. The van der Waals surface area contributed by atoms with Crippen molar-refractivity contribution < 1.29 is 9.53 Å². The van der Waals surface area contributed by atoms with Crippen molar-refractivity contribution >= 4 is 28.2 Å². The van der Waals surface area contributed by atoms with Gasteiger partial charge in [-0.15, -0.1) is 0 Å². The number of amides is 1. The van der Waals surface area contributed by atoms with E-state index in [9.17, 15) is 4.79 Å². The minimum atomic E-state index is -0.165. The minimum absolute atomic E-state index is 0.0517. The van der Waals surface area contributed by atoms with E-state index >= 15 is 0 Å². The van der Waals surface area contributed by atoms with Crippen LogP contribution in [-0.4, -0.2) is 36.2 Å². The summed E-state index contributed by atoms with van der Waals surface area (Å²) >= 11 is 1.29. The highest BCUT2D eigenvalue weighted by molar-refractivity contribution is 7.18. The van der Waals surface area contributed by atoms with Crippen molar-refractivity contribution in [3.8, 4) is 0 Å². The number of carbonyl (C=O) groups is 1. The molecule has 2 atom stereocenters. The SMILES string of the molecule is CCCNc1nc(N)c(C(=O)NC2CCOC2C)s1. The van der Waals surface area contributed by atoms with E-state index in [0.717, 1.165) is 19.4 Å². The Hall–Kier alpha value is -1.34. The van der Waals surface area contributed by atoms with Gasteiger partial charge in [0.2, 0.25) is 0 Å². The summed E-state index contributed by atoms with van der Waals surface area (Å²) in [6.07, 6.45) is 1.89. The summed E-state index contributed by atoms with van der Waals surface area (Å²) in [4.78, 5) is 16.8. The molecule has 0 aromatic carbocycles. The Balaban J connectivity index is 2.00. The van der Waals surface area contributed by atoms with Gasteiger partial charge in [0, 0.05) is 13.2 Å². The molecule has 1 aromatic rings. The number of nitrogens with one attached hydrogen (secondary N) is 2. The number of rotatable bonds is 5. The minimum Gasteiger partial charge on any atom is -0.382 e. The van der Waals surface area contributed by atoms with Gasteiger partial charge in [-0.05, 0) is 19.8 Å². The van der Waals surface area contributed by atoms with Gasteiger partial charge in [-0.3, -0.25) is 4.79 Å². The van der Waals surface area contributed by atoms with E-state index in [1.165, 1.54) is 11.3 Å². The molecule has 1 amide bonds. The standard InChI is InChI=1S/C12H20N4O2S/c1-3-5-14-12-16-10(13)9(19-12)11(17)15-8-4-6-18-7(8)2/h7-8H,3-6,13H2,1-2H3,(H,14,16)(H,15,17). The number of nitrogens with zero attached hydrogens (tertiary/aromatic N) is 1. The van der Waals surface area contributed by atoms with Gasteiger partial charge in [0.25, 0.3) is 5.91 Å². The average molecular weight is 284 g/mol. The van der Waals surface area contributed by atoms with E-state index in [1.54, 1.807) is 0 Å². The van der Waals surface area contributed by atoms with E-state index in [4.69, 9.17) is 10.5 Å². The van der Waals surface area contributed by atoms with E-state index < -0.39 is 0 Å². The molecule has 2 rings (SSSR count). The van der Waals surface area contributed by atoms with E-state index in [2.05, 4.69) is 22.5 Å². The predicted octanol–water partition coefficient (Wildman–Crippen LogP) is 1.45. The van der Waals surface area contributed by atoms with Gasteiger partial charge >= 0.3 is 0 Å². The van der Waals surface area contributed by atoms with Crippen LogP contribution in [0.5, 0.6) is 0 Å². The summed E-state index contributed by atoms with van der Waals surface area (Å²) in [5, 5.41) is 6.78. The van der Waals surface area contributed by atoms with Crippen molar-refractivity contribution in [1.29, 1.82) is 0 Å². The molecule has 0 saturated carbocycles. The van der Waals surface area contributed by atoms with Crippen LogP contribution in [0.4, 0.5) is 10.9 Å². The molecule has 4 N–H and O–H groups in total. The zero-order valence-corrected chi connectivity index (χ0v) is 12.0. The number of nitrogens with two attached hydrogens (primary N) is 1. The van der Waals surface area contributed by atoms with Gasteiger partial charge in [-0.2, -0.15) is 0 Å². The van der Waals surface area contributed by atoms with Gasteiger partial charge in [-0.1, -0.05) is 18.3 Å². The first-order valence-electron chi connectivity index (χ1n) is 6.54. The topological polar surface area (TPSA) is 89.3 Å². The Kier molecular flexibility index (Phi) is 4.60. The molecular formula is C12H20N4O2S. The molecule has 1 aliphatic heterocycles. The molecule has 1 saturated heterocycles. The third-order valence-electron chi connectivity index (χ3n) is 3.08. The zero-order valence-electron chi connectivity index (χ0n) is 11.2. The van der Waals surface area contributed by atoms with Crippen LogP contribution >= 0.6 is 11.3 Å². The summed E-state index contributed by atoms with van der Waals surface area (Å²) in [7, 11) is 0. The average Bonchev–Trinajstić information content (AvgIpc) is 2.94. The third-order valence-corrected chi connectivity index (χ3v) is 4.11. The fraction of sp³-hybridized carbons (Fsp3) is 0.667. The summed E-state index contributed by atoms with van der Waals surface area (Å²) < 4.78 is 5.42. The number of carbonyl (C=O) groups excluding carboxylic acids is 1. The number of anilines is 2. The second-order valence-electron chi connectivity index (χ2n) is 4.60. The quantitative estimate of drug-likeness (QED) is 0.761. The second kappa shape index (κ2) is 6.21. The molecule has 106 valence electrons. The smallest absolute Gasteiger partial charge is 0.265 e. The number of hydrogen-bond donors (Lipinski definition) is 3. The number of nitrogen functional groups attached to an aromatic ring is 1. The molecule has 7 heteroatoms. The Labute approximate surface area is 116 Å². The lowest BCUT2D eigenvalue weighted by Gasteiger charge is -2.15. The number of aromatic nitrogens is 1. The van der Waals surface area contributed by atoms with Crippen molar-refractivity contribution in [1.82, 2.24) is 10.3 Å². The van der Waals surface area contributed by atoms with Crippen LogP contribution in [0.2, 0.25) is 0 Å². The van der Waals surface area contributed by atoms with Crippen LogP contribution in [0.1, 0.15) is 36.4 Å². The fourth-order valence-electron chi connectivity index (χ4n) is 1.96. The van der Waals surface area contributed by atoms with Crippen molar-refractivity contribution in [3.05, 3.63) is 4.88 Å². The maximum atomic E-state index is 12.2. The molecule has 1 aromatic heterocycles. The Bertz CT molecular complexity index is 449. The van der Waals surface area contributed by atoms with Gasteiger partial charge in [0.15, 0.2) is 5.13 Å². The molecular weight excluding hydrogens is 264 g/mol. The highest BCUT2D eigenvalue weighted by atomic mass is 32.1. The largest absolute Gasteiger partial charge is 0.382 e. The summed E-state index contributed by atoms with van der Waals surface area (Å²) in [6, 6.07) is 0.0565. The van der Waals surface area contributed by atoms with E-state index in [1.807, 2.05) is 6.92 Å². The van der Waals surface area contributed by atoms with Crippen LogP contribution < -0.4 is 16.4 Å². The molecule has 1 fully saturated rings. The van der Waals surface area contributed by atoms with Crippen molar-refractivity contribution in [2.45, 2.75) is 38.8 Å². The number of thiazole rings is 1. The molecule has 2 heterocycles. The maximum absolute atomic E-state index is 12.2. The predicted molar refractivity (Wildman–Crippen MR) is 76.6 cm³/mol. The van der Waals surface area contributed by atoms with E-state index in [0.29, 0.717) is 16.6 Å². The normalized spacial score (nSPS) is 22.4. The Morgan fingerprint density at radius 1 is 1.63 bits per heavy atom. The van der Waals surface area contributed by atoms with Gasteiger partial charge < -0.3 is 21.1 Å². The lowest BCUT2D eigenvalue weighted by molar-refractivity contribution is 0.0870. The first-order valence-corrected chi connectivity index (χ1v) is 7.36. The first-order chi connectivity index (χ1) is 9.11. The van der Waals surface area contributed by atoms with Crippen LogP contribution in [-0.2, 0) is 4.74 Å². The van der Waals surface area contributed by atoms with Crippen LogP contribution in [0.3, 0.4) is 0 Å². The Morgan fingerprint density at radius 3 is 3.05 bits per heavy atom.